The molecule has 3 heterocycles. The number of rotatable bonds is 4. The van der Waals surface area contributed by atoms with E-state index in [1.165, 1.54) is 0 Å². The Morgan fingerprint density at radius 2 is 1.70 bits per heavy atom. The maximum atomic E-state index is 13.6. The maximum Gasteiger partial charge on any atom is 0.244 e. The summed E-state index contributed by atoms with van der Waals surface area (Å²) in [5, 5.41) is 3.43. The maximum absolute atomic E-state index is 13.6. The average molecular weight is 372 g/mol. The van der Waals surface area contributed by atoms with E-state index in [0.29, 0.717) is 11.9 Å². The van der Waals surface area contributed by atoms with E-state index in [1.54, 1.807) is 0 Å². The van der Waals surface area contributed by atoms with Gasteiger partial charge in [-0.25, -0.2) is 0 Å². The molecule has 1 aromatic carbocycles. The molecule has 6 heteroatoms. The van der Waals surface area contributed by atoms with Gasteiger partial charge in [-0.3, -0.25) is 14.6 Å². The number of hydrogen-bond acceptors (Lipinski definition) is 5. The molecule has 3 aliphatic rings. The molecule has 0 saturated carbocycles. The molecule has 2 unspecified atom stereocenters. The zero-order valence-electron chi connectivity index (χ0n) is 16.5. The van der Waals surface area contributed by atoms with E-state index in [9.17, 15) is 4.79 Å². The van der Waals surface area contributed by atoms with Crippen LogP contribution in [0, 0.1) is 0 Å². The lowest BCUT2D eigenvalue weighted by Gasteiger charge is -2.39. The Morgan fingerprint density at radius 1 is 1.00 bits per heavy atom. The monoisotopic (exact) mass is 371 g/mol. The lowest BCUT2D eigenvalue weighted by Crippen LogP contribution is -2.51. The molecule has 0 spiro atoms. The topological polar surface area (TPSA) is 42.1 Å². The van der Waals surface area contributed by atoms with Crippen LogP contribution in [0.1, 0.15) is 18.0 Å². The molecule has 27 heavy (non-hydrogen) atoms. The van der Waals surface area contributed by atoms with E-state index < -0.39 is 0 Å². The highest BCUT2D eigenvalue weighted by Gasteiger charge is 2.37. The Balaban J connectivity index is 1.47. The first kappa shape index (κ1) is 18.9. The number of likely N-dealkylation sites (tertiary alicyclic amines) is 1. The van der Waals surface area contributed by atoms with Crippen LogP contribution in [0.5, 0.6) is 0 Å². The summed E-state index contributed by atoms with van der Waals surface area (Å²) in [5.41, 5.74) is 1.14. The first-order valence-corrected chi connectivity index (χ1v) is 10.4. The first-order valence-electron chi connectivity index (χ1n) is 10.4. The predicted molar refractivity (Wildman–Crippen MR) is 108 cm³/mol. The summed E-state index contributed by atoms with van der Waals surface area (Å²) in [4.78, 5) is 23.0. The summed E-state index contributed by atoms with van der Waals surface area (Å²) < 4.78 is 0. The minimum atomic E-state index is -0.137. The largest absolute Gasteiger partial charge is 0.339 e. The van der Waals surface area contributed by atoms with Crippen molar-refractivity contribution < 1.29 is 4.79 Å². The molecule has 1 N–H and O–H groups in total. The number of hydrogen-bond donors (Lipinski definition) is 1. The van der Waals surface area contributed by atoms with E-state index >= 15 is 0 Å². The second-order valence-corrected chi connectivity index (χ2v) is 8.17. The molecule has 4 rings (SSSR count). The summed E-state index contributed by atoms with van der Waals surface area (Å²) in [7, 11) is 2.16. The normalized spacial score (nSPS) is 27.0. The Morgan fingerprint density at radius 3 is 2.41 bits per heavy atom. The molecule has 0 bridgehead atoms. The van der Waals surface area contributed by atoms with Crippen molar-refractivity contribution >= 4 is 5.91 Å². The fourth-order valence-electron chi connectivity index (χ4n) is 4.69. The Hall–Kier alpha value is -1.47. The van der Waals surface area contributed by atoms with Gasteiger partial charge in [-0.1, -0.05) is 30.3 Å². The Labute approximate surface area is 163 Å². The van der Waals surface area contributed by atoms with Crippen LogP contribution in [-0.2, 0) is 4.79 Å². The number of piperazine rings is 2. The number of nitrogens with one attached hydrogen (secondary N) is 1. The summed E-state index contributed by atoms with van der Waals surface area (Å²) in [5.74, 6) is 0.295. The summed E-state index contributed by atoms with van der Waals surface area (Å²) in [6, 6.07) is 10.8. The van der Waals surface area contributed by atoms with Crippen LogP contribution in [0.15, 0.2) is 30.3 Å². The van der Waals surface area contributed by atoms with Gasteiger partial charge >= 0.3 is 0 Å². The van der Waals surface area contributed by atoms with Gasteiger partial charge in [-0.2, -0.15) is 0 Å². The molecule has 6 nitrogen and oxygen atoms in total. The molecule has 1 amide bonds. The van der Waals surface area contributed by atoms with Gasteiger partial charge in [0, 0.05) is 71.5 Å². The highest BCUT2D eigenvalue weighted by atomic mass is 16.2. The molecule has 0 radical (unpaired) electrons. The zero-order valence-corrected chi connectivity index (χ0v) is 16.5. The van der Waals surface area contributed by atoms with Crippen LogP contribution in [-0.4, -0.2) is 104 Å². The van der Waals surface area contributed by atoms with E-state index in [2.05, 4.69) is 56.2 Å². The molecule has 0 aliphatic carbocycles. The number of nitrogens with zero attached hydrogens (tertiary/aromatic N) is 4. The second-order valence-electron chi connectivity index (χ2n) is 8.17. The molecule has 1 aromatic rings. The van der Waals surface area contributed by atoms with E-state index in [0.717, 1.165) is 77.4 Å². The summed E-state index contributed by atoms with van der Waals surface area (Å²) >= 11 is 0. The standard InChI is InChI=1S/C21H33N5O/c1-23-13-15-25(16-14-23)20(18-5-3-2-4-6-18)21(27)26-10-7-19(17-26)24-11-8-22-9-12-24/h2-6,19-20,22H,7-17H2,1H3. The van der Waals surface area contributed by atoms with Crippen molar-refractivity contribution in [2.24, 2.45) is 0 Å². The smallest absolute Gasteiger partial charge is 0.244 e. The van der Waals surface area contributed by atoms with E-state index in [-0.39, 0.29) is 6.04 Å². The third-order valence-corrected chi connectivity index (χ3v) is 6.40. The third kappa shape index (κ3) is 4.35. The Kier molecular flexibility index (Phi) is 6.08. The summed E-state index contributed by atoms with van der Waals surface area (Å²) in [6.07, 6.45) is 1.11. The van der Waals surface area contributed by atoms with Crippen molar-refractivity contribution in [2.75, 3.05) is 72.5 Å². The Bertz CT molecular complexity index is 610. The van der Waals surface area contributed by atoms with Gasteiger partial charge in [-0.15, -0.1) is 0 Å². The van der Waals surface area contributed by atoms with E-state index in [4.69, 9.17) is 0 Å². The van der Waals surface area contributed by atoms with Crippen molar-refractivity contribution in [3.8, 4) is 0 Å². The van der Waals surface area contributed by atoms with Gasteiger partial charge in [0.25, 0.3) is 0 Å². The predicted octanol–water partition coefficient (Wildman–Crippen LogP) is 0.481. The fourth-order valence-corrected chi connectivity index (χ4v) is 4.69. The number of likely N-dealkylation sites (N-methyl/N-ethyl adjacent to an activating group) is 1. The SMILES string of the molecule is CN1CCN(C(C(=O)N2CCC(N3CCNCC3)C2)c2ccccc2)CC1. The van der Waals surface area contributed by atoms with Gasteiger partial charge in [0.1, 0.15) is 6.04 Å². The van der Waals surface area contributed by atoms with Crippen LogP contribution in [0.25, 0.3) is 0 Å². The summed E-state index contributed by atoms with van der Waals surface area (Å²) in [6.45, 7) is 10.1. The minimum Gasteiger partial charge on any atom is -0.339 e. The van der Waals surface area contributed by atoms with Gasteiger partial charge in [0.05, 0.1) is 0 Å². The minimum absolute atomic E-state index is 0.137. The quantitative estimate of drug-likeness (QED) is 0.834. The fraction of sp³-hybridized carbons (Fsp3) is 0.667. The molecule has 3 saturated heterocycles. The number of amides is 1. The van der Waals surface area contributed by atoms with Crippen molar-refractivity contribution in [3.63, 3.8) is 0 Å². The van der Waals surface area contributed by atoms with Crippen molar-refractivity contribution in [1.82, 2.24) is 24.9 Å². The van der Waals surface area contributed by atoms with Gasteiger partial charge < -0.3 is 15.1 Å². The van der Waals surface area contributed by atoms with Crippen LogP contribution < -0.4 is 5.32 Å². The van der Waals surface area contributed by atoms with Gasteiger partial charge in [-0.05, 0) is 19.0 Å². The third-order valence-electron chi connectivity index (χ3n) is 6.40. The molecule has 3 aliphatic heterocycles. The molecular formula is C21H33N5O. The first-order chi connectivity index (χ1) is 13.2. The van der Waals surface area contributed by atoms with Crippen molar-refractivity contribution in [2.45, 2.75) is 18.5 Å². The second kappa shape index (κ2) is 8.69. The van der Waals surface area contributed by atoms with Crippen LogP contribution in [0.3, 0.4) is 0 Å². The highest BCUT2D eigenvalue weighted by Crippen LogP contribution is 2.27. The molecule has 3 fully saturated rings. The van der Waals surface area contributed by atoms with Crippen LogP contribution in [0.2, 0.25) is 0 Å². The van der Waals surface area contributed by atoms with Gasteiger partial charge in [0.2, 0.25) is 5.91 Å². The lowest BCUT2D eigenvalue weighted by molar-refractivity contribution is -0.137. The molecular weight excluding hydrogens is 338 g/mol. The van der Waals surface area contributed by atoms with Crippen LogP contribution >= 0.6 is 0 Å². The van der Waals surface area contributed by atoms with E-state index in [1.807, 2.05) is 6.07 Å². The lowest BCUT2D eigenvalue weighted by atomic mass is 10.0. The van der Waals surface area contributed by atoms with Crippen LogP contribution in [0.4, 0.5) is 0 Å². The highest BCUT2D eigenvalue weighted by molar-refractivity contribution is 5.83. The number of carbonyl (C=O) groups excluding carboxylic acids is 1. The average Bonchev–Trinajstić information content (AvgIpc) is 3.21. The number of benzene rings is 1. The molecule has 148 valence electrons. The molecule has 0 aromatic heterocycles. The van der Waals surface area contributed by atoms with Crippen molar-refractivity contribution in [3.05, 3.63) is 35.9 Å². The molecule has 2 atom stereocenters. The number of carbonyl (C=O) groups is 1. The van der Waals surface area contributed by atoms with Gasteiger partial charge in [0.15, 0.2) is 0 Å². The zero-order chi connectivity index (χ0) is 18.6. The van der Waals surface area contributed by atoms with Crippen molar-refractivity contribution in [1.29, 1.82) is 0 Å².